The summed E-state index contributed by atoms with van der Waals surface area (Å²) >= 11 is 0. The van der Waals surface area contributed by atoms with Crippen molar-refractivity contribution in [1.82, 2.24) is 9.88 Å². The maximum Gasteiger partial charge on any atom is 0.227 e. The number of carbonyl (C=O) groups is 1. The zero-order valence-electron chi connectivity index (χ0n) is 11.9. The summed E-state index contributed by atoms with van der Waals surface area (Å²) in [6.45, 7) is 7.44. The Morgan fingerprint density at radius 3 is 2.53 bits per heavy atom. The first-order chi connectivity index (χ1) is 8.97. The van der Waals surface area contributed by atoms with Crippen LogP contribution in [0.15, 0.2) is 24.4 Å². The van der Waals surface area contributed by atoms with Gasteiger partial charge < -0.3 is 9.64 Å². The highest BCUT2D eigenvalue weighted by Crippen LogP contribution is 2.22. The molecule has 0 spiro atoms. The van der Waals surface area contributed by atoms with Crippen molar-refractivity contribution >= 4 is 5.91 Å². The van der Waals surface area contributed by atoms with Gasteiger partial charge in [-0.05, 0) is 6.07 Å². The molecule has 104 valence electrons. The van der Waals surface area contributed by atoms with Gasteiger partial charge in [0.2, 0.25) is 11.8 Å². The first kappa shape index (κ1) is 13.8. The summed E-state index contributed by atoms with van der Waals surface area (Å²) in [5.74, 6) is 0.895. The molecule has 1 amide bonds. The lowest BCUT2D eigenvalue weighted by atomic mass is 9.93. The second-order valence-electron chi connectivity index (χ2n) is 6.03. The van der Waals surface area contributed by atoms with Gasteiger partial charge in [0.15, 0.2) is 0 Å². The maximum absolute atomic E-state index is 12.2. The molecule has 4 heteroatoms. The van der Waals surface area contributed by atoms with Crippen molar-refractivity contribution in [2.75, 3.05) is 13.1 Å². The number of aromatic nitrogens is 1. The summed E-state index contributed by atoms with van der Waals surface area (Å²) < 4.78 is 5.82. The van der Waals surface area contributed by atoms with Gasteiger partial charge in [-0.3, -0.25) is 4.79 Å². The van der Waals surface area contributed by atoms with Crippen LogP contribution < -0.4 is 4.74 Å². The number of carbonyl (C=O) groups excluding carboxylic acids is 1. The molecule has 0 N–H and O–H groups in total. The summed E-state index contributed by atoms with van der Waals surface area (Å²) in [5, 5.41) is 0. The Balaban J connectivity index is 1.85. The molecule has 4 nitrogen and oxygen atoms in total. The average molecular weight is 262 g/mol. The zero-order valence-corrected chi connectivity index (χ0v) is 11.9. The van der Waals surface area contributed by atoms with E-state index in [1.807, 2.05) is 43.9 Å². The first-order valence-electron chi connectivity index (χ1n) is 6.84. The summed E-state index contributed by atoms with van der Waals surface area (Å²) in [6, 6.07) is 5.66. The predicted octanol–water partition coefficient (Wildman–Crippen LogP) is 2.50. The fraction of sp³-hybridized carbons (Fsp3) is 0.600. The van der Waals surface area contributed by atoms with E-state index in [9.17, 15) is 4.79 Å². The number of pyridine rings is 1. The summed E-state index contributed by atoms with van der Waals surface area (Å²) in [7, 11) is 0. The monoisotopic (exact) mass is 262 g/mol. The van der Waals surface area contributed by atoms with Crippen LogP contribution in [0.5, 0.6) is 5.88 Å². The average Bonchev–Trinajstić information content (AvgIpc) is 2.39. The van der Waals surface area contributed by atoms with Crippen LogP contribution in [-0.2, 0) is 4.79 Å². The SMILES string of the molecule is CC(C)(C)C(=O)N1CCC(Oc2ccccn2)CC1. The smallest absolute Gasteiger partial charge is 0.227 e. The van der Waals surface area contributed by atoms with Gasteiger partial charge in [-0.15, -0.1) is 0 Å². The molecule has 2 rings (SSSR count). The highest BCUT2D eigenvalue weighted by Gasteiger charge is 2.30. The lowest BCUT2D eigenvalue weighted by Gasteiger charge is -2.35. The first-order valence-corrected chi connectivity index (χ1v) is 6.84. The molecule has 1 aliphatic heterocycles. The van der Waals surface area contributed by atoms with Gasteiger partial charge in [0, 0.05) is 43.6 Å². The Labute approximate surface area is 114 Å². The van der Waals surface area contributed by atoms with Crippen LogP contribution in [-0.4, -0.2) is 35.0 Å². The maximum atomic E-state index is 12.2. The molecule has 1 aromatic heterocycles. The highest BCUT2D eigenvalue weighted by molar-refractivity contribution is 5.81. The van der Waals surface area contributed by atoms with Crippen LogP contribution in [0.4, 0.5) is 0 Å². The van der Waals surface area contributed by atoms with Gasteiger partial charge in [0.1, 0.15) is 6.10 Å². The molecule has 0 unspecified atom stereocenters. The second kappa shape index (κ2) is 5.59. The van der Waals surface area contributed by atoms with E-state index in [-0.39, 0.29) is 17.4 Å². The minimum atomic E-state index is -0.297. The van der Waals surface area contributed by atoms with Gasteiger partial charge in [-0.25, -0.2) is 4.98 Å². The number of rotatable bonds is 2. The molecule has 0 aliphatic carbocycles. The number of piperidine rings is 1. The van der Waals surface area contributed by atoms with Crippen LogP contribution >= 0.6 is 0 Å². The lowest BCUT2D eigenvalue weighted by molar-refractivity contribution is -0.141. The van der Waals surface area contributed by atoms with Crippen molar-refractivity contribution in [3.05, 3.63) is 24.4 Å². The largest absolute Gasteiger partial charge is 0.474 e. The van der Waals surface area contributed by atoms with Crippen LogP contribution in [0.2, 0.25) is 0 Å². The summed E-state index contributed by atoms with van der Waals surface area (Å²) in [4.78, 5) is 18.3. The van der Waals surface area contributed by atoms with Crippen LogP contribution in [0.1, 0.15) is 33.6 Å². The molecule has 1 saturated heterocycles. The molecule has 0 bridgehead atoms. The number of nitrogens with zero attached hydrogens (tertiary/aromatic N) is 2. The van der Waals surface area contributed by atoms with Crippen LogP contribution in [0.25, 0.3) is 0 Å². The van der Waals surface area contributed by atoms with Crippen molar-refractivity contribution in [3.63, 3.8) is 0 Å². The number of amides is 1. The molecule has 0 aromatic carbocycles. The van der Waals surface area contributed by atoms with Crippen molar-refractivity contribution < 1.29 is 9.53 Å². The Morgan fingerprint density at radius 1 is 1.32 bits per heavy atom. The molecular weight excluding hydrogens is 240 g/mol. The third-order valence-electron chi connectivity index (χ3n) is 3.30. The van der Waals surface area contributed by atoms with E-state index in [1.165, 1.54) is 0 Å². The predicted molar refractivity (Wildman–Crippen MR) is 73.9 cm³/mol. The van der Waals surface area contributed by atoms with Crippen molar-refractivity contribution in [2.45, 2.75) is 39.7 Å². The van der Waals surface area contributed by atoms with Crippen molar-refractivity contribution in [2.24, 2.45) is 5.41 Å². The van der Waals surface area contributed by atoms with E-state index in [1.54, 1.807) is 6.20 Å². The Kier molecular flexibility index (Phi) is 4.08. The molecule has 1 aromatic rings. The van der Waals surface area contributed by atoms with Gasteiger partial charge in [-0.1, -0.05) is 26.8 Å². The molecule has 0 saturated carbocycles. The van der Waals surface area contributed by atoms with Crippen LogP contribution in [0, 0.1) is 5.41 Å². The van der Waals surface area contributed by atoms with E-state index >= 15 is 0 Å². The van der Waals surface area contributed by atoms with E-state index in [0.717, 1.165) is 25.9 Å². The number of hydrogen-bond donors (Lipinski definition) is 0. The van der Waals surface area contributed by atoms with E-state index in [0.29, 0.717) is 5.88 Å². The molecule has 1 fully saturated rings. The van der Waals surface area contributed by atoms with E-state index in [2.05, 4.69) is 4.98 Å². The fourth-order valence-corrected chi connectivity index (χ4v) is 2.24. The zero-order chi connectivity index (χ0) is 13.9. The summed E-state index contributed by atoms with van der Waals surface area (Å²) in [5.41, 5.74) is -0.297. The molecule has 0 atom stereocenters. The van der Waals surface area contributed by atoms with Crippen molar-refractivity contribution in [1.29, 1.82) is 0 Å². The minimum absolute atomic E-state index is 0.166. The quantitative estimate of drug-likeness (QED) is 0.822. The normalized spacial score (nSPS) is 17.3. The van der Waals surface area contributed by atoms with E-state index in [4.69, 9.17) is 4.74 Å². The number of likely N-dealkylation sites (tertiary alicyclic amines) is 1. The van der Waals surface area contributed by atoms with Gasteiger partial charge in [0.05, 0.1) is 0 Å². The second-order valence-corrected chi connectivity index (χ2v) is 6.03. The number of hydrogen-bond acceptors (Lipinski definition) is 3. The Bertz CT molecular complexity index is 418. The Hall–Kier alpha value is -1.58. The van der Waals surface area contributed by atoms with Crippen molar-refractivity contribution in [3.8, 4) is 5.88 Å². The molecular formula is C15H22N2O2. The molecule has 19 heavy (non-hydrogen) atoms. The number of ether oxygens (including phenoxy) is 1. The lowest BCUT2D eigenvalue weighted by Crippen LogP contribution is -2.46. The topological polar surface area (TPSA) is 42.4 Å². The van der Waals surface area contributed by atoms with Gasteiger partial charge in [0.25, 0.3) is 0 Å². The molecule has 2 heterocycles. The summed E-state index contributed by atoms with van der Waals surface area (Å²) in [6.07, 6.45) is 3.64. The highest BCUT2D eigenvalue weighted by atomic mass is 16.5. The third-order valence-corrected chi connectivity index (χ3v) is 3.30. The van der Waals surface area contributed by atoms with E-state index < -0.39 is 0 Å². The third kappa shape index (κ3) is 3.69. The molecule has 0 radical (unpaired) electrons. The minimum Gasteiger partial charge on any atom is -0.474 e. The molecule has 1 aliphatic rings. The van der Waals surface area contributed by atoms with Gasteiger partial charge >= 0.3 is 0 Å². The van der Waals surface area contributed by atoms with Crippen LogP contribution in [0.3, 0.4) is 0 Å². The van der Waals surface area contributed by atoms with Gasteiger partial charge in [-0.2, -0.15) is 0 Å². The fourth-order valence-electron chi connectivity index (χ4n) is 2.24. The Morgan fingerprint density at radius 2 is 2.00 bits per heavy atom. The standard InChI is InChI=1S/C15H22N2O2/c1-15(2,3)14(18)17-10-7-12(8-11-17)19-13-6-4-5-9-16-13/h4-6,9,12H,7-8,10-11H2,1-3H3.